The Morgan fingerprint density at radius 2 is 1.74 bits per heavy atom. The third-order valence-corrected chi connectivity index (χ3v) is 9.06. The Bertz CT molecular complexity index is 1360. The van der Waals surface area contributed by atoms with Crippen LogP contribution in [0.2, 0.25) is 20.1 Å². The summed E-state index contributed by atoms with van der Waals surface area (Å²) in [6.07, 6.45) is 2.22. The second-order valence-electron chi connectivity index (χ2n) is 10.9. The molecule has 2 heterocycles. The molecule has 2 aliphatic rings. The molecular formula is C30H35Cl4N5O4. The van der Waals surface area contributed by atoms with Crippen LogP contribution >= 0.6 is 46.4 Å². The first kappa shape index (κ1) is 33.3. The molecule has 3 amide bonds. The van der Waals surface area contributed by atoms with Crippen LogP contribution in [0.15, 0.2) is 41.6 Å². The summed E-state index contributed by atoms with van der Waals surface area (Å²) in [5.74, 6) is -0.653. The van der Waals surface area contributed by atoms with Crippen molar-refractivity contribution in [3.8, 4) is 0 Å². The van der Waals surface area contributed by atoms with Crippen molar-refractivity contribution in [2.45, 2.75) is 44.2 Å². The normalized spacial score (nSPS) is 19.3. The molecule has 2 saturated heterocycles. The second-order valence-corrected chi connectivity index (χ2v) is 12.6. The van der Waals surface area contributed by atoms with E-state index in [2.05, 4.69) is 15.4 Å². The number of piperidine rings is 1. The fraction of sp³-hybridized carbons (Fsp3) is 0.467. The van der Waals surface area contributed by atoms with E-state index >= 15 is 0 Å². The van der Waals surface area contributed by atoms with Gasteiger partial charge < -0.3 is 24.9 Å². The van der Waals surface area contributed by atoms with Gasteiger partial charge >= 0.3 is 0 Å². The monoisotopic (exact) mass is 669 g/mol. The van der Waals surface area contributed by atoms with Gasteiger partial charge in [0, 0.05) is 47.7 Å². The van der Waals surface area contributed by atoms with E-state index < -0.39 is 6.04 Å². The number of carbonyl (C=O) groups excluding carboxylic acids is 3. The Kier molecular flexibility index (Phi) is 11.6. The molecule has 1 unspecified atom stereocenters. The van der Waals surface area contributed by atoms with E-state index in [1.54, 1.807) is 48.0 Å². The molecule has 9 nitrogen and oxygen atoms in total. The minimum Gasteiger partial charge on any atom is -0.399 e. The molecule has 4 rings (SSSR count). The van der Waals surface area contributed by atoms with Crippen LogP contribution in [0.5, 0.6) is 0 Å². The van der Waals surface area contributed by atoms with Crippen LogP contribution in [0.4, 0.5) is 0 Å². The number of benzene rings is 2. The van der Waals surface area contributed by atoms with Gasteiger partial charge in [-0.3, -0.25) is 14.4 Å². The lowest BCUT2D eigenvalue weighted by atomic mass is 9.89. The maximum absolute atomic E-state index is 13.3. The molecule has 0 spiro atoms. The zero-order valence-electron chi connectivity index (χ0n) is 24.3. The smallest absolute Gasteiger partial charge is 0.254 e. The number of hydrogen-bond donors (Lipinski definition) is 1. The molecule has 2 aliphatic heterocycles. The number of carbonyl (C=O) groups is 3. The number of likely N-dealkylation sites (tertiary alicyclic amines) is 1. The third-order valence-electron chi connectivity index (χ3n) is 7.89. The van der Waals surface area contributed by atoms with Crippen LogP contribution < -0.4 is 5.32 Å². The summed E-state index contributed by atoms with van der Waals surface area (Å²) in [5.41, 5.74) is 1.90. The highest BCUT2D eigenvalue weighted by molar-refractivity contribution is 6.42. The fourth-order valence-electron chi connectivity index (χ4n) is 5.69. The molecule has 2 aromatic rings. The van der Waals surface area contributed by atoms with Crippen molar-refractivity contribution in [2.24, 2.45) is 5.16 Å². The van der Waals surface area contributed by atoms with Crippen LogP contribution in [0.3, 0.4) is 0 Å². The van der Waals surface area contributed by atoms with Gasteiger partial charge in [0.2, 0.25) is 11.8 Å². The lowest BCUT2D eigenvalue weighted by Crippen LogP contribution is -2.61. The van der Waals surface area contributed by atoms with Gasteiger partial charge in [-0.15, -0.1) is 0 Å². The Morgan fingerprint density at radius 3 is 2.37 bits per heavy atom. The highest BCUT2D eigenvalue weighted by Gasteiger charge is 2.36. The number of hydrogen-bond acceptors (Lipinski definition) is 6. The van der Waals surface area contributed by atoms with Crippen LogP contribution in [0.25, 0.3) is 0 Å². The summed E-state index contributed by atoms with van der Waals surface area (Å²) in [7, 11) is 3.15. The minimum atomic E-state index is -0.495. The van der Waals surface area contributed by atoms with Crippen molar-refractivity contribution >= 4 is 69.8 Å². The van der Waals surface area contributed by atoms with Gasteiger partial charge in [-0.25, -0.2) is 0 Å². The van der Waals surface area contributed by atoms with Crippen LogP contribution in [0, 0.1) is 0 Å². The number of amides is 3. The molecular weight excluding hydrogens is 636 g/mol. The summed E-state index contributed by atoms with van der Waals surface area (Å²) >= 11 is 24.9. The lowest BCUT2D eigenvalue weighted by Gasteiger charge is -2.41. The molecule has 232 valence electrons. The molecule has 0 radical (unpaired) electrons. The van der Waals surface area contributed by atoms with Crippen molar-refractivity contribution in [3.05, 3.63) is 67.6 Å². The summed E-state index contributed by atoms with van der Waals surface area (Å²) in [5, 5.41) is 8.66. The lowest BCUT2D eigenvalue weighted by molar-refractivity contribution is -0.147. The highest BCUT2D eigenvalue weighted by Crippen LogP contribution is 2.31. The minimum absolute atomic E-state index is 0.0307. The Balaban J connectivity index is 1.48. The molecule has 1 N–H and O–H groups in total. The SMILES string of the molecule is CO/N=C(\CN(C)C(=O)c1cc(Cl)cc(Cl)c1)C(CCN1CCC(N2CC(=O)N[C@@H](C)C2=O)CC1)c1ccc(Cl)c(Cl)c1. The maximum atomic E-state index is 13.3. The summed E-state index contributed by atoms with van der Waals surface area (Å²) in [6, 6.07) is 9.73. The number of oxime groups is 1. The first-order valence-corrected chi connectivity index (χ1v) is 15.6. The van der Waals surface area contributed by atoms with Crippen LogP contribution in [0.1, 0.15) is 48.0 Å². The van der Waals surface area contributed by atoms with E-state index in [4.69, 9.17) is 51.2 Å². The molecule has 0 bridgehead atoms. The van der Waals surface area contributed by atoms with Gasteiger partial charge in [0.1, 0.15) is 13.2 Å². The number of rotatable bonds is 10. The van der Waals surface area contributed by atoms with Gasteiger partial charge in [-0.05, 0) is 68.6 Å². The average molecular weight is 671 g/mol. The summed E-state index contributed by atoms with van der Waals surface area (Å²) in [6.45, 7) is 4.30. The first-order chi connectivity index (χ1) is 20.5. The van der Waals surface area contributed by atoms with Gasteiger partial charge in [-0.1, -0.05) is 57.6 Å². The average Bonchev–Trinajstić information content (AvgIpc) is 2.96. The topological polar surface area (TPSA) is 94.6 Å². The van der Waals surface area contributed by atoms with Crippen molar-refractivity contribution in [1.29, 1.82) is 0 Å². The predicted molar refractivity (Wildman–Crippen MR) is 170 cm³/mol. The Labute approximate surface area is 272 Å². The quantitative estimate of drug-likeness (QED) is 0.271. The standard InChI is InChI=1S/C30H35Cl4N5O4/c1-18-29(41)39(17-28(40)35-18)23-6-9-38(10-7-23)11-8-24(19-4-5-25(33)26(34)14-19)27(36-43-3)16-37(2)30(42)20-12-21(31)15-22(32)13-20/h4-5,12-15,18,23-24H,6-11,16-17H2,1-3H3,(H,35,40)/b36-27+/t18-,24?/m0/s1. The van der Waals surface area contributed by atoms with E-state index in [1.165, 1.54) is 7.11 Å². The van der Waals surface area contributed by atoms with Crippen LogP contribution in [-0.2, 0) is 14.4 Å². The molecule has 0 saturated carbocycles. The zero-order chi connectivity index (χ0) is 31.3. The molecule has 0 aliphatic carbocycles. The largest absolute Gasteiger partial charge is 0.399 e. The van der Waals surface area contributed by atoms with Gasteiger partial charge in [0.05, 0.1) is 28.8 Å². The van der Waals surface area contributed by atoms with Crippen LogP contribution in [-0.4, -0.2) is 97.1 Å². The predicted octanol–water partition coefficient (Wildman–Crippen LogP) is 5.36. The van der Waals surface area contributed by atoms with E-state index in [0.29, 0.717) is 37.8 Å². The van der Waals surface area contributed by atoms with Crippen molar-refractivity contribution < 1.29 is 19.2 Å². The number of piperazine rings is 1. The summed E-state index contributed by atoms with van der Waals surface area (Å²) in [4.78, 5) is 48.9. The molecule has 2 aromatic carbocycles. The maximum Gasteiger partial charge on any atom is 0.254 e. The summed E-state index contributed by atoms with van der Waals surface area (Å²) < 4.78 is 0. The number of nitrogens with one attached hydrogen (secondary N) is 1. The highest BCUT2D eigenvalue weighted by atomic mass is 35.5. The molecule has 0 aromatic heterocycles. The first-order valence-electron chi connectivity index (χ1n) is 14.1. The van der Waals surface area contributed by atoms with E-state index in [9.17, 15) is 14.4 Å². The number of halogens is 4. The van der Waals surface area contributed by atoms with E-state index in [1.807, 2.05) is 12.1 Å². The zero-order valence-corrected chi connectivity index (χ0v) is 27.3. The molecule has 2 fully saturated rings. The molecule has 43 heavy (non-hydrogen) atoms. The Hall–Kier alpha value is -2.56. The van der Waals surface area contributed by atoms with Crippen molar-refractivity contribution in [3.63, 3.8) is 0 Å². The van der Waals surface area contributed by atoms with Gasteiger partial charge in [0.25, 0.3) is 5.91 Å². The second kappa shape index (κ2) is 14.9. The van der Waals surface area contributed by atoms with E-state index in [0.717, 1.165) is 38.0 Å². The third kappa shape index (κ3) is 8.54. The number of nitrogens with zero attached hydrogens (tertiary/aromatic N) is 4. The van der Waals surface area contributed by atoms with Gasteiger partial charge in [0.15, 0.2) is 0 Å². The van der Waals surface area contributed by atoms with Crippen molar-refractivity contribution in [2.75, 3.05) is 46.9 Å². The van der Waals surface area contributed by atoms with E-state index in [-0.39, 0.29) is 42.8 Å². The van der Waals surface area contributed by atoms with Gasteiger partial charge in [-0.2, -0.15) is 0 Å². The van der Waals surface area contributed by atoms with Crippen molar-refractivity contribution in [1.82, 2.24) is 20.0 Å². The molecule has 13 heteroatoms. The Morgan fingerprint density at radius 1 is 1.07 bits per heavy atom. The molecule has 2 atom stereocenters. The fourth-order valence-corrected chi connectivity index (χ4v) is 6.53.